The van der Waals surface area contributed by atoms with Crippen LogP contribution in [0.4, 0.5) is 0 Å². The molecule has 6 nitrogen and oxygen atoms in total. The average Bonchev–Trinajstić information content (AvgIpc) is 2.79. The van der Waals surface area contributed by atoms with Crippen LogP contribution >= 0.6 is 11.8 Å². The fourth-order valence-electron chi connectivity index (χ4n) is 4.22. The maximum Gasteiger partial charge on any atom is 0.308 e. The monoisotopic (exact) mass is 452 g/mol. The lowest BCUT2D eigenvalue weighted by molar-refractivity contribution is -0.144. The van der Waals surface area contributed by atoms with Gasteiger partial charge in [0.1, 0.15) is 5.75 Å². The van der Waals surface area contributed by atoms with Crippen molar-refractivity contribution < 1.29 is 28.6 Å². The van der Waals surface area contributed by atoms with E-state index in [0.29, 0.717) is 22.5 Å². The van der Waals surface area contributed by atoms with Gasteiger partial charge < -0.3 is 14.2 Å². The number of fused-ring (bicyclic) bond motifs is 1. The number of ether oxygens (including phenoxy) is 3. The van der Waals surface area contributed by atoms with Crippen LogP contribution in [-0.2, 0) is 14.3 Å². The van der Waals surface area contributed by atoms with Gasteiger partial charge in [-0.1, -0.05) is 29.8 Å². The van der Waals surface area contributed by atoms with Crippen molar-refractivity contribution in [2.45, 2.75) is 42.6 Å². The maximum absolute atomic E-state index is 13.7. The van der Waals surface area contributed by atoms with Crippen LogP contribution < -0.4 is 4.74 Å². The molecular weight excluding hydrogens is 428 g/mol. The third-order valence-electron chi connectivity index (χ3n) is 5.78. The van der Waals surface area contributed by atoms with E-state index in [9.17, 15) is 14.4 Å². The Labute approximate surface area is 190 Å². The fourth-order valence-corrected chi connectivity index (χ4v) is 5.47. The summed E-state index contributed by atoms with van der Waals surface area (Å²) in [6.07, 6.45) is -1.29. The second-order valence-electron chi connectivity index (χ2n) is 7.82. The van der Waals surface area contributed by atoms with Crippen molar-refractivity contribution >= 4 is 29.3 Å². The molecule has 7 heteroatoms. The molecule has 2 aromatic rings. The number of esters is 1. The highest BCUT2D eigenvalue weighted by atomic mass is 32.2. The zero-order valence-electron chi connectivity index (χ0n) is 18.3. The molecule has 4 rings (SSSR count). The Morgan fingerprint density at radius 1 is 1.03 bits per heavy atom. The summed E-state index contributed by atoms with van der Waals surface area (Å²) < 4.78 is 16.4. The number of aryl methyl sites for hydroxylation is 1. The Hall–Kier alpha value is -2.90. The minimum absolute atomic E-state index is 0.0203. The smallest absolute Gasteiger partial charge is 0.308 e. The predicted molar refractivity (Wildman–Crippen MR) is 120 cm³/mol. The van der Waals surface area contributed by atoms with Crippen molar-refractivity contribution in [2.24, 2.45) is 0 Å². The van der Waals surface area contributed by atoms with E-state index in [-0.39, 0.29) is 23.6 Å². The first-order valence-electron chi connectivity index (χ1n) is 10.3. The zero-order valence-corrected chi connectivity index (χ0v) is 19.2. The van der Waals surface area contributed by atoms with Gasteiger partial charge in [-0.05, 0) is 32.0 Å². The summed E-state index contributed by atoms with van der Waals surface area (Å²) >= 11 is 1.42. The molecule has 0 aromatic heterocycles. The number of rotatable bonds is 5. The van der Waals surface area contributed by atoms with Gasteiger partial charge >= 0.3 is 5.97 Å². The first-order valence-corrected chi connectivity index (χ1v) is 11.2. The van der Waals surface area contributed by atoms with Crippen molar-refractivity contribution in [3.63, 3.8) is 0 Å². The molecule has 0 fully saturated rings. The highest BCUT2D eigenvalue weighted by Crippen LogP contribution is 2.45. The molecule has 1 aliphatic carbocycles. The van der Waals surface area contributed by atoms with Crippen molar-refractivity contribution in [3.05, 3.63) is 70.3 Å². The highest BCUT2D eigenvalue weighted by molar-refractivity contribution is 8.00. The molecule has 0 amide bonds. The Bertz CT molecular complexity index is 1120. The van der Waals surface area contributed by atoms with Crippen LogP contribution in [0.2, 0.25) is 0 Å². The summed E-state index contributed by atoms with van der Waals surface area (Å²) in [6, 6.07) is 12.9. The van der Waals surface area contributed by atoms with E-state index in [2.05, 4.69) is 0 Å². The molecule has 2 aromatic carbocycles. The number of thioether (sulfide) groups is 1. The minimum atomic E-state index is -0.649. The van der Waals surface area contributed by atoms with E-state index in [1.165, 1.54) is 26.0 Å². The topological polar surface area (TPSA) is 78.9 Å². The quantitative estimate of drug-likeness (QED) is 0.630. The fraction of sp³-hybridized carbons (Fsp3) is 0.320. The molecule has 1 heterocycles. The van der Waals surface area contributed by atoms with Crippen LogP contribution in [0.25, 0.3) is 0 Å². The largest absolute Gasteiger partial charge is 0.496 e. The van der Waals surface area contributed by atoms with E-state index < -0.39 is 23.4 Å². The molecule has 0 unspecified atom stereocenters. The lowest BCUT2D eigenvalue weighted by atomic mass is 9.77. The van der Waals surface area contributed by atoms with E-state index in [1.807, 2.05) is 31.2 Å². The van der Waals surface area contributed by atoms with E-state index in [4.69, 9.17) is 14.2 Å². The maximum atomic E-state index is 13.7. The van der Waals surface area contributed by atoms with Crippen molar-refractivity contribution in [1.29, 1.82) is 0 Å². The van der Waals surface area contributed by atoms with Crippen LogP contribution in [0.5, 0.6) is 5.75 Å². The molecule has 32 heavy (non-hydrogen) atoms. The number of Topliss-reactive ketones (excluding diaryl/α,β-unsaturated/α-hetero) is 2. The number of hydrogen-bond donors (Lipinski definition) is 0. The normalized spacial score (nSPS) is 22.3. The Balaban J connectivity index is 1.85. The summed E-state index contributed by atoms with van der Waals surface area (Å²) in [6.45, 7) is 3.73. The first-order chi connectivity index (χ1) is 15.3. The second-order valence-corrected chi connectivity index (χ2v) is 9.03. The van der Waals surface area contributed by atoms with Gasteiger partial charge in [-0.3, -0.25) is 14.4 Å². The van der Waals surface area contributed by atoms with Gasteiger partial charge in [0, 0.05) is 21.6 Å². The van der Waals surface area contributed by atoms with Gasteiger partial charge in [-0.25, -0.2) is 0 Å². The molecule has 2 aliphatic rings. The summed E-state index contributed by atoms with van der Waals surface area (Å²) in [5.41, 5.74) is 2.42. The number of hydrogen-bond acceptors (Lipinski definition) is 7. The molecule has 3 atom stereocenters. The van der Waals surface area contributed by atoms with Crippen LogP contribution in [0.15, 0.2) is 58.5 Å². The van der Waals surface area contributed by atoms with Crippen LogP contribution in [0, 0.1) is 6.92 Å². The van der Waals surface area contributed by atoms with Crippen molar-refractivity contribution in [2.75, 3.05) is 14.2 Å². The van der Waals surface area contributed by atoms with Crippen LogP contribution in [0.3, 0.4) is 0 Å². The molecule has 0 N–H and O–H groups in total. The van der Waals surface area contributed by atoms with Gasteiger partial charge in [0.2, 0.25) is 0 Å². The minimum Gasteiger partial charge on any atom is -0.496 e. The highest BCUT2D eigenvalue weighted by Gasteiger charge is 2.47. The second kappa shape index (κ2) is 8.92. The molecule has 0 saturated heterocycles. The van der Waals surface area contributed by atoms with E-state index in [1.54, 1.807) is 25.1 Å². The van der Waals surface area contributed by atoms with Gasteiger partial charge in [-0.2, -0.15) is 0 Å². The van der Waals surface area contributed by atoms with E-state index in [0.717, 1.165) is 10.5 Å². The SMILES string of the molecule is COC(=O)C[C@H]1O[C@@H](C)C2=C(C(=O)c3cccc(OC)c3C2=O)[C@@H]1Sc1ccc(C)cc1. The number of benzene rings is 2. The number of methoxy groups -OCH3 is 2. The van der Waals surface area contributed by atoms with E-state index >= 15 is 0 Å². The Morgan fingerprint density at radius 2 is 1.75 bits per heavy atom. The van der Waals surface area contributed by atoms with Gasteiger partial charge in [0.15, 0.2) is 11.6 Å². The van der Waals surface area contributed by atoms with Gasteiger partial charge in [0.25, 0.3) is 0 Å². The molecular formula is C25H24O6S. The number of ketones is 2. The summed E-state index contributed by atoms with van der Waals surface area (Å²) in [4.78, 5) is 40.3. The van der Waals surface area contributed by atoms with Gasteiger partial charge in [0.05, 0.1) is 43.7 Å². The predicted octanol–water partition coefficient (Wildman–Crippen LogP) is 4.19. The summed E-state index contributed by atoms with van der Waals surface area (Å²) in [7, 11) is 2.79. The Kier molecular flexibility index (Phi) is 6.22. The third-order valence-corrected chi connectivity index (χ3v) is 7.12. The van der Waals surface area contributed by atoms with Crippen molar-refractivity contribution in [1.82, 2.24) is 0 Å². The lowest BCUT2D eigenvalue weighted by Gasteiger charge is -2.39. The van der Waals surface area contributed by atoms with Gasteiger partial charge in [-0.15, -0.1) is 11.8 Å². The molecule has 0 spiro atoms. The average molecular weight is 453 g/mol. The van der Waals surface area contributed by atoms with Crippen molar-refractivity contribution in [3.8, 4) is 5.75 Å². The summed E-state index contributed by atoms with van der Waals surface area (Å²) in [5, 5.41) is -0.543. The molecule has 0 radical (unpaired) electrons. The molecule has 0 bridgehead atoms. The zero-order chi connectivity index (χ0) is 23.0. The molecule has 166 valence electrons. The lowest BCUT2D eigenvalue weighted by Crippen LogP contribution is -2.46. The molecule has 1 aliphatic heterocycles. The standard InChI is InChI=1S/C25H24O6S/c1-13-8-10-15(11-9-13)32-25-18(12-19(26)30-4)31-14(2)20-22(25)23(27)16-6-5-7-17(29-3)21(16)24(20)28/h5-11,14,18,25H,12H2,1-4H3/t14-,18+,25+/m0/s1. The summed E-state index contributed by atoms with van der Waals surface area (Å²) in [5.74, 6) is -0.579. The number of carbonyl (C=O) groups excluding carboxylic acids is 3. The Morgan fingerprint density at radius 3 is 2.41 bits per heavy atom. The first kappa shape index (κ1) is 22.3. The van der Waals surface area contributed by atoms with Crippen LogP contribution in [-0.4, -0.2) is 49.2 Å². The third kappa shape index (κ3) is 3.87. The number of carbonyl (C=O) groups is 3. The molecule has 0 saturated carbocycles. The van der Waals surface area contributed by atoms with Crippen LogP contribution in [0.1, 0.15) is 39.6 Å².